The summed E-state index contributed by atoms with van der Waals surface area (Å²) >= 11 is 0. The van der Waals surface area contributed by atoms with Gasteiger partial charge in [0.2, 0.25) is 5.91 Å². The second-order valence-corrected chi connectivity index (χ2v) is 15.6. The molecular weight excluding hydrogens is 620 g/mol. The zero-order valence-electron chi connectivity index (χ0n) is 29.1. The van der Waals surface area contributed by atoms with Gasteiger partial charge < -0.3 is 30.7 Å². The molecule has 8 atom stereocenters. The molecule has 0 spiro atoms. The highest BCUT2D eigenvalue weighted by Gasteiger charge is 2.63. The Kier molecular flexibility index (Phi) is 9.44. The number of carbonyl (C=O) groups is 3. The number of para-hydroxylation sites is 1. The molecule has 2 aromatic rings. The molecule has 3 saturated carbocycles. The van der Waals surface area contributed by atoms with Crippen LogP contribution in [0.3, 0.4) is 0 Å². The van der Waals surface area contributed by atoms with Gasteiger partial charge in [0.15, 0.2) is 6.61 Å². The summed E-state index contributed by atoms with van der Waals surface area (Å²) in [7, 11) is 0. The summed E-state index contributed by atoms with van der Waals surface area (Å²) in [6, 6.07) is 5.45. The maximum Gasteiger partial charge on any atom is 0.326 e. The van der Waals surface area contributed by atoms with Crippen molar-refractivity contribution >= 4 is 34.4 Å². The van der Waals surface area contributed by atoms with Crippen LogP contribution in [0.15, 0.2) is 47.3 Å². The smallest absolute Gasteiger partial charge is 0.326 e. The van der Waals surface area contributed by atoms with Gasteiger partial charge in [0.1, 0.15) is 17.7 Å². The highest BCUT2D eigenvalue weighted by molar-refractivity contribution is 5.96. The number of oxime groups is 1. The summed E-state index contributed by atoms with van der Waals surface area (Å²) in [5, 5.41) is 31.7. The lowest BCUT2D eigenvalue weighted by Gasteiger charge is -2.58. The molecule has 2 amide bonds. The molecule has 10 nitrogen and oxygen atoms in total. The molecule has 3 fully saturated rings. The van der Waals surface area contributed by atoms with Crippen LogP contribution in [0.1, 0.15) is 84.6 Å². The normalized spacial score (nSPS) is 32.6. The summed E-state index contributed by atoms with van der Waals surface area (Å²) < 4.78 is 0. The molecule has 10 heteroatoms. The number of fused-ring (bicyclic) bond motifs is 6. The van der Waals surface area contributed by atoms with Crippen LogP contribution in [0.5, 0.6) is 0 Å². The average molecular weight is 671 g/mol. The first-order valence-corrected chi connectivity index (χ1v) is 17.8. The monoisotopic (exact) mass is 670 g/mol. The first-order chi connectivity index (χ1) is 23.3. The average Bonchev–Trinajstić information content (AvgIpc) is 3.60. The third-order valence-electron chi connectivity index (χ3n) is 12.7. The fourth-order valence-corrected chi connectivity index (χ4v) is 9.80. The third kappa shape index (κ3) is 6.27. The number of nitrogens with one attached hydrogen (secondary N) is 3. The Morgan fingerprint density at radius 2 is 1.84 bits per heavy atom. The van der Waals surface area contributed by atoms with E-state index in [1.165, 1.54) is 5.57 Å². The second kappa shape index (κ2) is 13.3. The van der Waals surface area contributed by atoms with Crippen LogP contribution >= 0.6 is 0 Å². The molecule has 4 aliphatic carbocycles. The van der Waals surface area contributed by atoms with Gasteiger partial charge in [0.05, 0.1) is 5.71 Å². The van der Waals surface area contributed by atoms with Crippen LogP contribution in [-0.4, -0.2) is 63.0 Å². The maximum atomic E-state index is 13.2. The topological polar surface area (TPSA) is 153 Å². The number of rotatable bonds is 10. The SMILES string of the molecule is C#C[C@@]1(O)CC[C@@H]2[C@@H]3CCC4=CC(=NOCC(=O)N[C@H](C(=O)N[C@@H](Cc5c[nH]c6ccccc56)C(=O)O)C(C)C)CC[C@]4(C)[C@@H]3CC[C@@]21C. The number of aromatic amines is 1. The molecule has 6 rings (SSSR count). The van der Waals surface area contributed by atoms with Gasteiger partial charge in [-0.3, -0.25) is 9.59 Å². The number of carbonyl (C=O) groups excluding carboxylic acids is 2. The number of hydrogen-bond acceptors (Lipinski definition) is 6. The molecule has 0 bridgehead atoms. The van der Waals surface area contributed by atoms with E-state index in [4.69, 9.17) is 11.3 Å². The number of hydrogen-bond donors (Lipinski definition) is 5. The van der Waals surface area contributed by atoms with Gasteiger partial charge in [-0.05, 0) is 98.2 Å². The first kappa shape index (κ1) is 34.8. The maximum absolute atomic E-state index is 13.2. The molecule has 1 aromatic carbocycles. The predicted molar refractivity (Wildman–Crippen MR) is 187 cm³/mol. The van der Waals surface area contributed by atoms with Crippen LogP contribution in [0.4, 0.5) is 0 Å². The number of aliphatic hydroxyl groups is 1. The van der Waals surface area contributed by atoms with E-state index in [9.17, 15) is 24.6 Å². The van der Waals surface area contributed by atoms with E-state index in [1.54, 1.807) is 20.0 Å². The molecule has 0 saturated heterocycles. The lowest BCUT2D eigenvalue weighted by Crippen LogP contribution is -2.54. The van der Waals surface area contributed by atoms with E-state index < -0.39 is 35.5 Å². The Bertz CT molecular complexity index is 1720. The number of allylic oxidation sites excluding steroid dienone is 2. The Morgan fingerprint density at radius 3 is 2.57 bits per heavy atom. The summed E-state index contributed by atoms with van der Waals surface area (Å²) in [6.07, 6.45) is 17.3. The molecule has 0 radical (unpaired) electrons. The number of benzene rings is 1. The lowest BCUT2D eigenvalue weighted by molar-refractivity contribution is -0.142. The second-order valence-electron chi connectivity index (χ2n) is 15.6. The van der Waals surface area contributed by atoms with Crippen LogP contribution in [0.2, 0.25) is 0 Å². The van der Waals surface area contributed by atoms with Crippen molar-refractivity contribution in [3.63, 3.8) is 0 Å². The molecule has 4 aliphatic rings. The quantitative estimate of drug-likeness (QED) is 0.175. The van der Waals surface area contributed by atoms with Gasteiger partial charge in [-0.1, -0.05) is 62.5 Å². The molecule has 0 aliphatic heterocycles. The molecule has 49 heavy (non-hydrogen) atoms. The van der Waals surface area contributed by atoms with Crippen molar-refractivity contribution in [3.05, 3.63) is 47.7 Å². The zero-order chi connectivity index (χ0) is 35.1. The Hall–Kier alpha value is -4.10. The van der Waals surface area contributed by atoms with Crippen LogP contribution in [0, 0.1) is 46.8 Å². The first-order valence-electron chi connectivity index (χ1n) is 17.8. The third-order valence-corrected chi connectivity index (χ3v) is 12.7. The van der Waals surface area contributed by atoms with Gasteiger partial charge in [0.25, 0.3) is 5.91 Å². The number of nitrogens with zero attached hydrogens (tertiary/aromatic N) is 1. The predicted octanol–water partition coefficient (Wildman–Crippen LogP) is 5.12. The fourth-order valence-electron chi connectivity index (χ4n) is 9.80. The van der Waals surface area contributed by atoms with Crippen molar-refractivity contribution in [2.24, 2.45) is 39.7 Å². The highest BCUT2D eigenvalue weighted by Crippen LogP contribution is 2.67. The van der Waals surface area contributed by atoms with Gasteiger partial charge in [-0.15, -0.1) is 6.42 Å². The van der Waals surface area contributed by atoms with Crippen molar-refractivity contribution in [3.8, 4) is 12.3 Å². The van der Waals surface area contributed by atoms with E-state index in [-0.39, 0.29) is 29.8 Å². The molecular formula is C39H50N4O6. The van der Waals surface area contributed by atoms with E-state index >= 15 is 0 Å². The van der Waals surface area contributed by atoms with Crippen molar-refractivity contribution in [2.75, 3.05) is 6.61 Å². The van der Waals surface area contributed by atoms with Gasteiger partial charge >= 0.3 is 5.97 Å². The molecule has 262 valence electrons. The largest absolute Gasteiger partial charge is 0.480 e. The van der Waals surface area contributed by atoms with Gasteiger partial charge in [0, 0.05) is 28.9 Å². The number of H-pyrrole nitrogens is 1. The number of carboxylic acids is 1. The minimum absolute atomic E-state index is 0.0668. The molecule has 0 unspecified atom stereocenters. The molecule has 1 heterocycles. The van der Waals surface area contributed by atoms with Crippen molar-refractivity contribution in [2.45, 2.75) is 103 Å². The standard InChI is InChI=1S/C39H50N4O6/c1-6-39(48)18-15-30-28-12-11-25-20-26(13-16-37(25,4)29(28)14-17-38(30,39)5)43-49-22-33(44)42-34(23(2)3)35(45)41-32(36(46)47)19-24-21-40-31-10-8-7-9-27(24)31/h1,7-10,20-21,23,28-30,32,34,40,48H,11-19,22H2,2-5H3,(H,41,45)(H,42,44)(H,46,47)/t28-,29-,30-,32+,34+,37+,38+,39-/m1/s1. The summed E-state index contributed by atoms with van der Waals surface area (Å²) in [6.45, 7) is 7.81. The van der Waals surface area contributed by atoms with Crippen LogP contribution < -0.4 is 10.6 Å². The van der Waals surface area contributed by atoms with E-state index in [2.05, 4.69) is 46.6 Å². The molecule has 5 N–H and O–H groups in total. The van der Waals surface area contributed by atoms with Crippen LogP contribution in [-0.2, 0) is 25.6 Å². The van der Waals surface area contributed by atoms with E-state index in [1.807, 2.05) is 24.3 Å². The van der Waals surface area contributed by atoms with Crippen molar-refractivity contribution in [1.29, 1.82) is 0 Å². The van der Waals surface area contributed by atoms with Crippen molar-refractivity contribution < 1.29 is 29.4 Å². The van der Waals surface area contributed by atoms with Gasteiger partial charge in [-0.2, -0.15) is 0 Å². The summed E-state index contributed by atoms with van der Waals surface area (Å²) in [5.74, 6) is 1.76. The lowest BCUT2D eigenvalue weighted by atomic mass is 9.46. The van der Waals surface area contributed by atoms with E-state index in [0.717, 1.165) is 67.1 Å². The van der Waals surface area contributed by atoms with Gasteiger partial charge in [-0.25, -0.2) is 4.79 Å². The Morgan fingerprint density at radius 1 is 1.08 bits per heavy atom. The summed E-state index contributed by atoms with van der Waals surface area (Å²) in [4.78, 5) is 46.9. The molecule has 1 aromatic heterocycles. The number of aliphatic carboxylic acids is 1. The van der Waals surface area contributed by atoms with Crippen LogP contribution in [0.25, 0.3) is 10.9 Å². The zero-order valence-corrected chi connectivity index (χ0v) is 29.1. The number of amides is 2. The fraction of sp³-hybridized carbons (Fsp3) is 0.590. The minimum Gasteiger partial charge on any atom is -0.480 e. The highest BCUT2D eigenvalue weighted by atomic mass is 16.6. The number of aromatic nitrogens is 1. The van der Waals surface area contributed by atoms with Crippen molar-refractivity contribution in [1.82, 2.24) is 15.6 Å². The number of terminal acetylenes is 1. The van der Waals surface area contributed by atoms with E-state index in [0.29, 0.717) is 24.2 Å². The summed E-state index contributed by atoms with van der Waals surface area (Å²) in [5.41, 5.74) is 2.70. The Balaban J connectivity index is 1.04. The number of carboxylic acid groups (broad SMARTS) is 1. The minimum atomic E-state index is -1.17. The Labute approximate surface area is 288 Å².